The Hall–Kier alpha value is -0.120. The zero-order chi connectivity index (χ0) is 8.86. The highest BCUT2D eigenvalue weighted by Gasteiger charge is 2.50. The van der Waals surface area contributed by atoms with Crippen molar-refractivity contribution in [2.45, 2.75) is 51.2 Å². The molecule has 0 spiro atoms. The number of hydroxylamine groups is 2. The summed E-state index contributed by atoms with van der Waals surface area (Å²) in [5.41, 5.74) is 5.15. The first-order valence-electron chi connectivity index (χ1n) is 4.01. The van der Waals surface area contributed by atoms with Gasteiger partial charge in [-0.2, -0.15) is 0 Å². The number of nitrogens with zero attached hydrogens (tertiary/aromatic N) is 1. The number of hydrogen-bond acceptors (Lipinski definition) is 2. The molecule has 1 unspecified atom stereocenters. The molecule has 1 rings (SSSR count). The van der Waals surface area contributed by atoms with Crippen LogP contribution in [0.4, 0.5) is 0 Å². The maximum absolute atomic E-state index is 11.6. The summed E-state index contributed by atoms with van der Waals surface area (Å²) in [5.74, 6) is 0. The Kier molecular flexibility index (Phi) is 1.78. The largest absolute Gasteiger partial charge is 0.326 e. The molecule has 1 aliphatic rings. The van der Waals surface area contributed by atoms with Gasteiger partial charge in [-0.1, -0.05) is 0 Å². The van der Waals surface area contributed by atoms with Gasteiger partial charge in [0.2, 0.25) is 0 Å². The van der Waals surface area contributed by atoms with Crippen molar-refractivity contribution in [3.8, 4) is 0 Å². The summed E-state index contributed by atoms with van der Waals surface area (Å²) < 4.78 is 0. The number of nitrogens with two attached hydrogens (primary N) is 1. The summed E-state index contributed by atoms with van der Waals surface area (Å²) in [4.78, 5) is 0. The number of rotatable bonds is 0. The Labute approximate surface area is 68.1 Å². The molecule has 0 aromatic carbocycles. The maximum Gasteiger partial charge on any atom is 0.0594 e. The maximum atomic E-state index is 11.6. The first kappa shape index (κ1) is 8.97. The Morgan fingerprint density at radius 3 is 1.91 bits per heavy atom. The highest BCUT2D eigenvalue weighted by atomic mass is 16.5. The van der Waals surface area contributed by atoms with E-state index in [1.807, 2.05) is 27.7 Å². The minimum Gasteiger partial charge on any atom is -0.326 e. The molecular weight excluding hydrogens is 141 g/mol. The van der Waals surface area contributed by atoms with Crippen molar-refractivity contribution in [1.29, 1.82) is 0 Å². The van der Waals surface area contributed by atoms with E-state index in [9.17, 15) is 5.21 Å². The van der Waals surface area contributed by atoms with E-state index in [0.717, 1.165) is 11.5 Å². The third-order valence-corrected chi connectivity index (χ3v) is 2.70. The first-order chi connectivity index (χ1) is 4.78. The lowest BCUT2D eigenvalue weighted by Gasteiger charge is -2.32. The summed E-state index contributed by atoms with van der Waals surface area (Å²) in [5, 5.41) is 12.7. The summed E-state index contributed by atoms with van der Waals surface area (Å²) >= 11 is 0. The smallest absolute Gasteiger partial charge is 0.0594 e. The molecule has 1 atom stereocenters. The zero-order valence-corrected chi connectivity index (χ0v) is 7.72. The van der Waals surface area contributed by atoms with Crippen LogP contribution in [0.5, 0.6) is 0 Å². The van der Waals surface area contributed by atoms with Crippen LogP contribution in [-0.4, -0.2) is 22.2 Å². The SMILES string of the molecule is CC1(C)CC([15NH2])C(C)(C)N1[O]. The lowest BCUT2D eigenvalue weighted by Crippen LogP contribution is -2.49. The first-order valence-corrected chi connectivity index (χ1v) is 4.01. The molecule has 1 radical (unpaired) electrons. The molecule has 11 heavy (non-hydrogen) atoms. The zero-order valence-electron chi connectivity index (χ0n) is 7.72. The van der Waals surface area contributed by atoms with Gasteiger partial charge in [0.25, 0.3) is 0 Å². The molecule has 0 aromatic heterocycles. The van der Waals surface area contributed by atoms with Crippen molar-refractivity contribution in [3.63, 3.8) is 0 Å². The molecule has 0 saturated carbocycles. The monoisotopic (exact) mass is 158 g/mol. The van der Waals surface area contributed by atoms with Gasteiger partial charge in [-0.3, -0.25) is 0 Å². The molecule has 0 aromatic rings. The Morgan fingerprint density at radius 2 is 1.82 bits per heavy atom. The fraction of sp³-hybridized carbons (Fsp3) is 1.00. The highest BCUT2D eigenvalue weighted by molar-refractivity contribution is 5.04. The summed E-state index contributed by atoms with van der Waals surface area (Å²) in [6.07, 6.45) is 0.781. The van der Waals surface area contributed by atoms with Crippen molar-refractivity contribution < 1.29 is 5.21 Å². The van der Waals surface area contributed by atoms with Crippen LogP contribution in [0.15, 0.2) is 0 Å². The molecule has 1 saturated heterocycles. The van der Waals surface area contributed by atoms with Gasteiger partial charge in [0.1, 0.15) is 0 Å². The van der Waals surface area contributed by atoms with Gasteiger partial charge in [-0.05, 0) is 34.1 Å². The minimum absolute atomic E-state index is 0.00463. The van der Waals surface area contributed by atoms with Crippen LogP contribution in [0.25, 0.3) is 0 Å². The van der Waals surface area contributed by atoms with Crippen LogP contribution >= 0.6 is 0 Å². The van der Waals surface area contributed by atoms with Gasteiger partial charge in [0.05, 0.1) is 5.54 Å². The highest BCUT2D eigenvalue weighted by Crippen LogP contribution is 2.37. The van der Waals surface area contributed by atoms with Crippen LogP contribution in [0.3, 0.4) is 0 Å². The van der Waals surface area contributed by atoms with Gasteiger partial charge in [-0.25, -0.2) is 0 Å². The predicted molar refractivity (Wildman–Crippen MR) is 43.3 cm³/mol. The Morgan fingerprint density at radius 1 is 1.36 bits per heavy atom. The Bertz CT molecular complexity index is 165. The van der Waals surface area contributed by atoms with Crippen molar-refractivity contribution in [1.82, 2.24) is 5.06 Å². The fourth-order valence-corrected chi connectivity index (χ4v) is 1.80. The molecule has 0 aliphatic carbocycles. The van der Waals surface area contributed by atoms with E-state index in [1.165, 1.54) is 0 Å². The Balaban J connectivity index is 2.89. The lowest BCUT2D eigenvalue weighted by atomic mass is 9.97. The number of hydrogen-bond donors (Lipinski definition) is 1. The van der Waals surface area contributed by atoms with Gasteiger partial charge in [-0.15, -0.1) is 10.3 Å². The second-order valence-electron chi connectivity index (χ2n) is 4.57. The van der Waals surface area contributed by atoms with E-state index in [1.54, 1.807) is 0 Å². The molecule has 3 nitrogen and oxygen atoms in total. The van der Waals surface area contributed by atoms with Crippen LogP contribution in [0.2, 0.25) is 0 Å². The van der Waals surface area contributed by atoms with Gasteiger partial charge in [0.15, 0.2) is 0 Å². The lowest BCUT2D eigenvalue weighted by molar-refractivity contribution is -0.245. The fourth-order valence-electron chi connectivity index (χ4n) is 1.80. The van der Waals surface area contributed by atoms with Gasteiger partial charge < -0.3 is 5.73 Å². The molecule has 1 aliphatic heterocycles. The van der Waals surface area contributed by atoms with E-state index >= 15 is 0 Å². The quantitative estimate of drug-likeness (QED) is 0.533. The van der Waals surface area contributed by atoms with E-state index in [0.29, 0.717) is 0 Å². The summed E-state index contributed by atoms with van der Waals surface area (Å²) in [6, 6.07) is -0.00463. The van der Waals surface area contributed by atoms with Gasteiger partial charge >= 0.3 is 0 Å². The van der Waals surface area contributed by atoms with Crippen LogP contribution < -0.4 is 5.73 Å². The van der Waals surface area contributed by atoms with E-state index < -0.39 is 5.54 Å². The van der Waals surface area contributed by atoms with Crippen molar-refractivity contribution >= 4 is 0 Å². The van der Waals surface area contributed by atoms with E-state index in [4.69, 9.17) is 5.73 Å². The second-order valence-corrected chi connectivity index (χ2v) is 4.57. The molecule has 0 amide bonds. The molecule has 1 fully saturated rings. The third kappa shape index (κ3) is 1.17. The molecule has 65 valence electrons. The minimum atomic E-state index is -0.399. The van der Waals surface area contributed by atoms with Crippen LogP contribution in [0.1, 0.15) is 34.1 Å². The average molecular weight is 158 g/mol. The van der Waals surface area contributed by atoms with E-state index in [2.05, 4.69) is 0 Å². The van der Waals surface area contributed by atoms with Crippen molar-refractivity contribution in [2.75, 3.05) is 0 Å². The average Bonchev–Trinajstić information content (AvgIpc) is 1.94. The molecular formula is C8H17N2O. The molecule has 3 heteroatoms. The second kappa shape index (κ2) is 2.19. The third-order valence-electron chi connectivity index (χ3n) is 2.70. The van der Waals surface area contributed by atoms with Crippen molar-refractivity contribution in [2.24, 2.45) is 5.73 Å². The molecule has 0 bridgehead atoms. The van der Waals surface area contributed by atoms with Crippen molar-refractivity contribution in [3.05, 3.63) is 0 Å². The predicted octanol–water partition coefficient (Wildman–Crippen LogP) is 0.922. The topological polar surface area (TPSA) is 49.2 Å². The van der Waals surface area contributed by atoms with E-state index in [-0.39, 0.29) is 11.6 Å². The summed E-state index contributed by atoms with van der Waals surface area (Å²) in [7, 11) is 0. The summed E-state index contributed by atoms with van der Waals surface area (Å²) in [6.45, 7) is 7.68. The van der Waals surface area contributed by atoms with Crippen LogP contribution in [0, 0.1) is 0 Å². The molecule has 1 heterocycles. The molecule has 2 N–H and O–H groups in total. The normalized spacial score (nSPS) is 36.0. The standard InChI is InChI=1S/C8H17N2O/c1-7(2)5-6(9)8(3,4)10(7)11/h6H,5,9H2,1-4H3/i9+1. The van der Waals surface area contributed by atoms with Gasteiger partial charge in [0, 0.05) is 11.6 Å². The van der Waals surface area contributed by atoms with Crippen LogP contribution in [-0.2, 0) is 5.21 Å².